The SMILES string of the molecule is CCC(C(=O)O)N1CCN(CC(C)C)CC1. The number of hydrogen-bond acceptors (Lipinski definition) is 3. The van der Waals surface area contributed by atoms with Gasteiger partial charge in [0, 0.05) is 32.7 Å². The van der Waals surface area contributed by atoms with Gasteiger partial charge in [-0.3, -0.25) is 9.69 Å². The first kappa shape index (κ1) is 13.5. The minimum Gasteiger partial charge on any atom is -0.480 e. The van der Waals surface area contributed by atoms with Crippen molar-refractivity contribution in [2.45, 2.75) is 33.2 Å². The number of carbonyl (C=O) groups is 1. The Morgan fingerprint density at radius 2 is 1.81 bits per heavy atom. The number of aliphatic carboxylic acids is 1. The van der Waals surface area contributed by atoms with Crippen molar-refractivity contribution in [2.75, 3.05) is 32.7 Å². The lowest BCUT2D eigenvalue weighted by Gasteiger charge is -2.38. The first-order valence-corrected chi connectivity index (χ1v) is 6.23. The van der Waals surface area contributed by atoms with Gasteiger partial charge in [0.2, 0.25) is 0 Å². The maximum atomic E-state index is 11.0. The van der Waals surface area contributed by atoms with E-state index in [9.17, 15) is 4.79 Å². The maximum absolute atomic E-state index is 11.0. The van der Waals surface area contributed by atoms with Crippen molar-refractivity contribution in [3.8, 4) is 0 Å². The molecular weight excluding hydrogens is 204 g/mol. The van der Waals surface area contributed by atoms with Crippen LogP contribution in [0.3, 0.4) is 0 Å². The number of nitrogens with zero attached hydrogens (tertiary/aromatic N) is 2. The highest BCUT2D eigenvalue weighted by molar-refractivity contribution is 5.73. The highest BCUT2D eigenvalue weighted by Gasteiger charge is 2.27. The molecule has 0 spiro atoms. The van der Waals surface area contributed by atoms with Crippen molar-refractivity contribution in [1.29, 1.82) is 0 Å². The largest absolute Gasteiger partial charge is 0.480 e. The molecule has 0 amide bonds. The average Bonchev–Trinajstić information content (AvgIpc) is 2.20. The molecule has 1 rings (SSSR count). The summed E-state index contributed by atoms with van der Waals surface area (Å²) in [6.07, 6.45) is 0.694. The van der Waals surface area contributed by atoms with E-state index >= 15 is 0 Å². The van der Waals surface area contributed by atoms with E-state index in [0.29, 0.717) is 12.3 Å². The first-order valence-electron chi connectivity index (χ1n) is 6.23. The summed E-state index contributed by atoms with van der Waals surface area (Å²) >= 11 is 0. The Balaban J connectivity index is 2.38. The zero-order valence-electron chi connectivity index (χ0n) is 10.6. The molecule has 1 saturated heterocycles. The van der Waals surface area contributed by atoms with E-state index in [-0.39, 0.29) is 6.04 Å². The molecule has 16 heavy (non-hydrogen) atoms. The Kier molecular flexibility index (Phi) is 5.22. The van der Waals surface area contributed by atoms with Crippen LogP contribution in [0.2, 0.25) is 0 Å². The van der Waals surface area contributed by atoms with Crippen molar-refractivity contribution in [2.24, 2.45) is 5.92 Å². The van der Waals surface area contributed by atoms with Crippen LogP contribution >= 0.6 is 0 Å². The second-order valence-corrected chi connectivity index (χ2v) is 4.99. The van der Waals surface area contributed by atoms with Crippen molar-refractivity contribution >= 4 is 5.97 Å². The molecule has 1 aliphatic heterocycles. The van der Waals surface area contributed by atoms with Crippen LogP contribution < -0.4 is 0 Å². The minimum atomic E-state index is -0.681. The molecular formula is C12H24N2O2. The smallest absolute Gasteiger partial charge is 0.320 e. The number of carboxylic acids is 1. The standard InChI is InChI=1S/C12H24N2O2/c1-4-11(12(15)16)14-7-5-13(6-8-14)9-10(2)3/h10-11H,4-9H2,1-3H3,(H,15,16). The van der Waals surface area contributed by atoms with Crippen LogP contribution in [0.5, 0.6) is 0 Å². The Bertz CT molecular complexity index is 223. The Morgan fingerprint density at radius 3 is 2.19 bits per heavy atom. The van der Waals surface area contributed by atoms with Gasteiger partial charge in [-0.15, -0.1) is 0 Å². The van der Waals surface area contributed by atoms with Crippen LogP contribution in [0.4, 0.5) is 0 Å². The summed E-state index contributed by atoms with van der Waals surface area (Å²) in [7, 11) is 0. The molecule has 4 heteroatoms. The highest BCUT2D eigenvalue weighted by Crippen LogP contribution is 2.10. The van der Waals surface area contributed by atoms with Crippen molar-refractivity contribution in [3.05, 3.63) is 0 Å². The van der Waals surface area contributed by atoms with Crippen molar-refractivity contribution < 1.29 is 9.90 Å². The zero-order chi connectivity index (χ0) is 12.1. The van der Waals surface area contributed by atoms with Crippen LogP contribution in [0.25, 0.3) is 0 Å². The summed E-state index contributed by atoms with van der Waals surface area (Å²) in [6, 6.07) is -0.291. The summed E-state index contributed by atoms with van der Waals surface area (Å²) in [6.45, 7) is 11.3. The minimum absolute atomic E-state index is 0.291. The van der Waals surface area contributed by atoms with E-state index in [1.165, 1.54) is 0 Å². The number of carboxylic acid groups (broad SMARTS) is 1. The molecule has 0 saturated carbocycles. The lowest BCUT2D eigenvalue weighted by molar-refractivity contribution is -0.144. The van der Waals surface area contributed by atoms with Crippen LogP contribution in [0, 0.1) is 5.92 Å². The summed E-state index contributed by atoms with van der Waals surface area (Å²) in [5, 5.41) is 9.08. The van der Waals surface area contributed by atoms with Gasteiger partial charge in [0.25, 0.3) is 0 Å². The third kappa shape index (κ3) is 3.76. The van der Waals surface area contributed by atoms with E-state index < -0.39 is 5.97 Å². The zero-order valence-corrected chi connectivity index (χ0v) is 10.6. The number of rotatable bonds is 5. The van der Waals surface area contributed by atoms with Crippen LogP contribution in [-0.2, 0) is 4.79 Å². The van der Waals surface area contributed by atoms with Crippen molar-refractivity contribution in [1.82, 2.24) is 9.80 Å². The van der Waals surface area contributed by atoms with Crippen LogP contribution in [-0.4, -0.2) is 59.6 Å². The Morgan fingerprint density at radius 1 is 1.25 bits per heavy atom. The summed E-state index contributed by atoms with van der Waals surface area (Å²) in [4.78, 5) is 15.6. The molecule has 4 nitrogen and oxygen atoms in total. The molecule has 1 aliphatic rings. The van der Waals surface area contributed by atoms with Gasteiger partial charge in [-0.05, 0) is 12.3 Å². The van der Waals surface area contributed by atoms with Gasteiger partial charge in [0.05, 0.1) is 0 Å². The highest BCUT2D eigenvalue weighted by atomic mass is 16.4. The Labute approximate surface area is 98.2 Å². The predicted molar refractivity (Wildman–Crippen MR) is 64.6 cm³/mol. The first-order chi connectivity index (χ1) is 7.54. The predicted octanol–water partition coefficient (Wildman–Crippen LogP) is 1.12. The van der Waals surface area contributed by atoms with Gasteiger partial charge in [-0.1, -0.05) is 20.8 Å². The summed E-state index contributed by atoms with van der Waals surface area (Å²) in [5.41, 5.74) is 0. The lowest BCUT2D eigenvalue weighted by atomic mass is 10.1. The van der Waals surface area contributed by atoms with E-state index in [4.69, 9.17) is 5.11 Å². The molecule has 0 aromatic rings. The molecule has 94 valence electrons. The lowest BCUT2D eigenvalue weighted by Crippen LogP contribution is -2.53. The van der Waals surface area contributed by atoms with Crippen LogP contribution in [0.1, 0.15) is 27.2 Å². The fourth-order valence-corrected chi connectivity index (χ4v) is 2.36. The molecule has 0 bridgehead atoms. The molecule has 0 radical (unpaired) electrons. The van der Waals surface area contributed by atoms with Gasteiger partial charge < -0.3 is 10.0 Å². The van der Waals surface area contributed by atoms with Gasteiger partial charge in [-0.2, -0.15) is 0 Å². The van der Waals surface area contributed by atoms with E-state index in [0.717, 1.165) is 32.7 Å². The van der Waals surface area contributed by atoms with Gasteiger partial charge in [-0.25, -0.2) is 0 Å². The molecule has 1 unspecified atom stereocenters. The Hall–Kier alpha value is -0.610. The van der Waals surface area contributed by atoms with Crippen molar-refractivity contribution in [3.63, 3.8) is 0 Å². The summed E-state index contributed by atoms with van der Waals surface area (Å²) in [5.74, 6) is 0.00723. The monoisotopic (exact) mass is 228 g/mol. The van der Waals surface area contributed by atoms with E-state index in [2.05, 4.69) is 23.6 Å². The second kappa shape index (κ2) is 6.21. The summed E-state index contributed by atoms with van der Waals surface area (Å²) < 4.78 is 0. The molecule has 1 atom stereocenters. The molecule has 1 heterocycles. The number of hydrogen-bond donors (Lipinski definition) is 1. The van der Waals surface area contributed by atoms with Gasteiger partial charge in [0.15, 0.2) is 0 Å². The van der Waals surface area contributed by atoms with E-state index in [1.54, 1.807) is 0 Å². The number of piperazine rings is 1. The fourth-order valence-electron chi connectivity index (χ4n) is 2.36. The normalized spacial score (nSPS) is 21.2. The quantitative estimate of drug-likeness (QED) is 0.766. The molecule has 1 N–H and O–H groups in total. The molecule has 0 aliphatic carbocycles. The maximum Gasteiger partial charge on any atom is 0.320 e. The second-order valence-electron chi connectivity index (χ2n) is 4.99. The fraction of sp³-hybridized carbons (Fsp3) is 0.917. The molecule has 0 aromatic carbocycles. The van der Waals surface area contributed by atoms with Gasteiger partial charge >= 0.3 is 5.97 Å². The molecule has 1 fully saturated rings. The molecule has 0 aromatic heterocycles. The van der Waals surface area contributed by atoms with E-state index in [1.807, 2.05) is 6.92 Å². The average molecular weight is 228 g/mol. The van der Waals surface area contributed by atoms with Gasteiger partial charge in [0.1, 0.15) is 6.04 Å². The third-order valence-corrected chi connectivity index (χ3v) is 3.14. The third-order valence-electron chi connectivity index (χ3n) is 3.14. The topological polar surface area (TPSA) is 43.8 Å². The van der Waals surface area contributed by atoms with Crippen LogP contribution in [0.15, 0.2) is 0 Å².